The molecule has 0 fully saturated rings. The van der Waals surface area contributed by atoms with Gasteiger partial charge in [0.2, 0.25) is 5.91 Å². The maximum Gasteiger partial charge on any atom is 0.229 e. The summed E-state index contributed by atoms with van der Waals surface area (Å²) >= 11 is 7.06. The predicted octanol–water partition coefficient (Wildman–Crippen LogP) is 1.26. The fourth-order valence-electron chi connectivity index (χ4n) is 1.25. The second-order valence-corrected chi connectivity index (χ2v) is 4.88. The number of aliphatic hydroxyl groups excluding tert-OH is 1. The minimum atomic E-state index is -0.511. The van der Waals surface area contributed by atoms with E-state index in [0.29, 0.717) is 12.4 Å². The van der Waals surface area contributed by atoms with E-state index in [0.717, 1.165) is 10.7 Å². The number of likely N-dealkylation sites (N-methyl/N-ethyl adjacent to an activating group) is 1. The molecule has 0 radical (unpaired) electrons. The van der Waals surface area contributed by atoms with E-state index in [-0.39, 0.29) is 12.3 Å². The highest BCUT2D eigenvalue weighted by Gasteiger charge is 2.13. The standard InChI is InChI=1S/C10H15ClN2O2S/c1-7(14)5-13(2)10(15)3-9-12-8(4-11)6-16-9/h6-7,14H,3-5H2,1-2H3. The van der Waals surface area contributed by atoms with Gasteiger partial charge in [0.05, 0.1) is 24.1 Å². The van der Waals surface area contributed by atoms with E-state index < -0.39 is 6.10 Å². The summed E-state index contributed by atoms with van der Waals surface area (Å²) in [6.07, 6.45) is -0.242. The van der Waals surface area contributed by atoms with Gasteiger partial charge in [-0.3, -0.25) is 4.79 Å². The molecule has 1 aromatic rings. The molecule has 16 heavy (non-hydrogen) atoms. The molecule has 4 nitrogen and oxygen atoms in total. The average molecular weight is 263 g/mol. The van der Waals surface area contributed by atoms with Crippen molar-refractivity contribution in [2.24, 2.45) is 0 Å². The van der Waals surface area contributed by atoms with Crippen LogP contribution in [-0.2, 0) is 17.1 Å². The number of hydrogen-bond donors (Lipinski definition) is 1. The molecule has 1 heterocycles. The van der Waals surface area contributed by atoms with Crippen LogP contribution in [0.1, 0.15) is 17.6 Å². The minimum absolute atomic E-state index is 0.0450. The lowest BCUT2D eigenvalue weighted by atomic mass is 10.3. The number of halogens is 1. The molecular weight excluding hydrogens is 248 g/mol. The third-order valence-electron chi connectivity index (χ3n) is 2.00. The maximum absolute atomic E-state index is 11.7. The van der Waals surface area contributed by atoms with Gasteiger partial charge in [0.25, 0.3) is 0 Å². The number of rotatable bonds is 5. The van der Waals surface area contributed by atoms with Gasteiger partial charge >= 0.3 is 0 Å². The number of aliphatic hydroxyl groups is 1. The molecule has 0 spiro atoms. The average Bonchev–Trinajstić information content (AvgIpc) is 2.64. The molecule has 0 bridgehead atoms. The Morgan fingerprint density at radius 2 is 2.44 bits per heavy atom. The number of amides is 1. The lowest BCUT2D eigenvalue weighted by Crippen LogP contribution is -2.34. The zero-order valence-corrected chi connectivity index (χ0v) is 10.9. The molecule has 0 aromatic carbocycles. The van der Waals surface area contributed by atoms with Gasteiger partial charge in [0.1, 0.15) is 5.01 Å². The van der Waals surface area contributed by atoms with Crippen molar-refractivity contribution < 1.29 is 9.90 Å². The van der Waals surface area contributed by atoms with Crippen LogP contribution in [0.2, 0.25) is 0 Å². The summed E-state index contributed by atoms with van der Waals surface area (Å²) in [6, 6.07) is 0. The van der Waals surface area contributed by atoms with Crippen molar-refractivity contribution in [3.05, 3.63) is 16.1 Å². The fourth-order valence-corrected chi connectivity index (χ4v) is 2.27. The lowest BCUT2D eigenvalue weighted by Gasteiger charge is -2.17. The molecule has 1 N–H and O–H groups in total. The molecular formula is C10H15ClN2O2S. The van der Waals surface area contributed by atoms with Crippen molar-refractivity contribution in [1.82, 2.24) is 9.88 Å². The van der Waals surface area contributed by atoms with Crippen LogP contribution >= 0.6 is 22.9 Å². The van der Waals surface area contributed by atoms with Gasteiger partial charge in [-0.05, 0) is 6.92 Å². The highest BCUT2D eigenvalue weighted by Crippen LogP contribution is 2.12. The highest BCUT2D eigenvalue weighted by molar-refractivity contribution is 7.09. The summed E-state index contributed by atoms with van der Waals surface area (Å²) in [6.45, 7) is 1.99. The fraction of sp³-hybridized carbons (Fsp3) is 0.600. The minimum Gasteiger partial charge on any atom is -0.392 e. The maximum atomic E-state index is 11.7. The van der Waals surface area contributed by atoms with Crippen molar-refractivity contribution in [2.45, 2.75) is 25.3 Å². The van der Waals surface area contributed by atoms with Crippen molar-refractivity contribution >= 4 is 28.8 Å². The Hall–Kier alpha value is -0.650. The molecule has 0 aliphatic rings. The van der Waals surface area contributed by atoms with E-state index in [1.807, 2.05) is 5.38 Å². The number of alkyl halides is 1. The molecule has 0 saturated heterocycles. The second-order valence-electron chi connectivity index (χ2n) is 3.67. The Morgan fingerprint density at radius 1 is 1.75 bits per heavy atom. The number of carbonyl (C=O) groups excluding carboxylic acids is 1. The zero-order chi connectivity index (χ0) is 12.1. The van der Waals surface area contributed by atoms with Crippen LogP contribution in [-0.4, -0.2) is 40.6 Å². The van der Waals surface area contributed by atoms with Crippen molar-refractivity contribution in [2.75, 3.05) is 13.6 Å². The van der Waals surface area contributed by atoms with Crippen LogP contribution in [0.5, 0.6) is 0 Å². The Balaban J connectivity index is 2.50. The number of aromatic nitrogens is 1. The topological polar surface area (TPSA) is 53.4 Å². The smallest absolute Gasteiger partial charge is 0.229 e. The van der Waals surface area contributed by atoms with Gasteiger partial charge in [-0.2, -0.15) is 0 Å². The van der Waals surface area contributed by atoms with E-state index in [9.17, 15) is 4.79 Å². The summed E-state index contributed by atoms with van der Waals surface area (Å²) in [5, 5.41) is 11.8. The second kappa shape index (κ2) is 6.18. The number of hydrogen-bond acceptors (Lipinski definition) is 4. The summed E-state index contributed by atoms with van der Waals surface area (Å²) in [5.74, 6) is 0.324. The van der Waals surface area contributed by atoms with Gasteiger partial charge in [-0.15, -0.1) is 22.9 Å². The van der Waals surface area contributed by atoms with Crippen LogP contribution in [0.4, 0.5) is 0 Å². The van der Waals surface area contributed by atoms with Gasteiger partial charge in [-0.25, -0.2) is 4.98 Å². The molecule has 1 unspecified atom stereocenters. The number of nitrogens with zero attached hydrogens (tertiary/aromatic N) is 2. The Labute approximate surface area is 104 Å². The van der Waals surface area contributed by atoms with E-state index >= 15 is 0 Å². The van der Waals surface area contributed by atoms with E-state index in [4.69, 9.17) is 16.7 Å². The Bertz CT molecular complexity index is 354. The molecule has 6 heteroatoms. The van der Waals surface area contributed by atoms with Gasteiger partial charge in [-0.1, -0.05) is 0 Å². The quantitative estimate of drug-likeness (QED) is 0.813. The highest BCUT2D eigenvalue weighted by atomic mass is 35.5. The number of thiazole rings is 1. The molecule has 1 atom stereocenters. The third-order valence-corrected chi connectivity index (χ3v) is 3.17. The van der Waals surface area contributed by atoms with Crippen LogP contribution in [0, 0.1) is 0 Å². The summed E-state index contributed by atoms with van der Waals surface area (Å²) in [5.41, 5.74) is 0.799. The summed E-state index contributed by atoms with van der Waals surface area (Å²) in [4.78, 5) is 17.4. The van der Waals surface area contributed by atoms with Crippen LogP contribution in [0.3, 0.4) is 0 Å². The largest absolute Gasteiger partial charge is 0.392 e. The lowest BCUT2D eigenvalue weighted by molar-refractivity contribution is -0.130. The molecule has 1 rings (SSSR count). The molecule has 0 aliphatic carbocycles. The van der Waals surface area contributed by atoms with Crippen LogP contribution < -0.4 is 0 Å². The first kappa shape index (κ1) is 13.4. The van der Waals surface area contributed by atoms with Crippen molar-refractivity contribution in [3.63, 3.8) is 0 Å². The normalized spacial score (nSPS) is 12.5. The van der Waals surface area contributed by atoms with E-state index in [2.05, 4.69) is 4.98 Å². The van der Waals surface area contributed by atoms with Crippen molar-refractivity contribution in [1.29, 1.82) is 0 Å². The first-order valence-electron chi connectivity index (χ1n) is 4.94. The van der Waals surface area contributed by atoms with E-state index in [1.54, 1.807) is 14.0 Å². The van der Waals surface area contributed by atoms with Gasteiger partial charge < -0.3 is 10.0 Å². The first-order valence-corrected chi connectivity index (χ1v) is 6.35. The van der Waals surface area contributed by atoms with Crippen molar-refractivity contribution in [3.8, 4) is 0 Å². The van der Waals surface area contributed by atoms with Crippen LogP contribution in [0.25, 0.3) is 0 Å². The molecule has 1 amide bonds. The SMILES string of the molecule is CC(O)CN(C)C(=O)Cc1nc(CCl)cs1. The summed E-state index contributed by atoms with van der Waals surface area (Å²) < 4.78 is 0. The third kappa shape index (κ3) is 4.08. The zero-order valence-electron chi connectivity index (χ0n) is 9.31. The molecule has 1 aromatic heterocycles. The monoisotopic (exact) mass is 262 g/mol. The number of carbonyl (C=O) groups is 1. The van der Waals surface area contributed by atoms with Crippen LogP contribution in [0.15, 0.2) is 5.38 Å². The van der Waals surface area contributed by atoms with Gasteiger partial charge in [0.15, 0.2) is 0 Å². The Morgan fingerprint density at radius 3 is 2.94 bits per heavy atom. The molecule has 0 saturated carbocycles. The predicted molar refractivity (Wildman–Crippen MR) is 64.7 cm³/mol. The first-order chi connectivity index (χ1) is 7.52. The van der Waals surface area contributed by atoms with Gasteiger partial charge in [0, 0.05) is 19.0 Å². The Kier molecular flexibility index (Phi) is 5.18. The molecule has 90 valence electrons. The van der Waals surface area contributed by atoms with E-state index in [1.165, 1.54) is 16.2 Å². The summed E-state index contributed by atoms with van der Waals surface area (Å²) in [7, 11) is 1.67. The molecule has 0 aliphatic heterocycles.